The average molecular weight is 245 g/mol. The number of hydrogen-bond acceptors (Lipinski definition) is 1. The van der Waals surface area contributed by atoms with Gasteiger partial charge >= 0.3 is 0 Å². The number of fused-ring (bicyclic) bond motifs is 1. The fraction of sp³-hybridized carbons (Fsp3) is 0.438. The molecular formula is C16H23NO. The van der Waals surface area contributed by atoms with Crippen molar-refractivity contribution in [3.8, 4) is 0 Å². The number of aromatic nitrogens is 1. The third-order valence-electron chi connectivity index (χ3n) is 3.22. The monoisotopic (exact) mass is 245 g/mol. The summed E-state index contributed by atoms with van der Waals surface area (Å²) in [6.07, 6.45) is 3.69. The average Bonchev–Trinajstić information content (AvgIpc) is 2.71. The molecule has 98 valence electrons. The molecule has 2 aromatic rings. The highest BCUT2D eigenvalue weighted by atomic mass is 16.1. The van der Waals surface area contributed by atoms with Crippen LogP contribution in [0.5, 0.6) is 0 Å². The Kier molecular flexibility index (Phi) is 4.71. The third kappa shape index (κ3) is 2.63. The first-order chi connectivity index (χ1) is 8.56. The lowest BCUT2D eigenvalue weighted by atomic mass is 9.82. The van der Waals surface area contributed by atoms with Gasteiger partial charge in [-0.15, -0.1) is 0 Å². The van der Waals surface area contributed by atoms with Gasteiger partial charge in [0.2, 0.25) is 0 Å². The molecule has 0 aliphatic heterocycles. The van der Waals surface area contributed by atoms with Crippen molar-refractivity contribution in [2.24, 2.45) is 7.05 Å². The summed E-state index contributed by atoms with van der Waals surface area (Å²) in [5, 5.41) is 1.25. The quantitative estimate of drug-likeness (QED) is 0.747. The van der Waals surface area contributed by atoms with Crippen LogP contribution >= 0.6 is 0 Å². The maximum Gasteiger partial charge on any atom is 0.120 e. The number of aryl methyl sites for hydroxylation is 1. The van der Waals surface area contributed by atoms with Crippen LogP contribution in [0.1, 0.15) is 39.7 Å². The molecule has 0 unspecified atom stereocenters. The van der Waals surface area contributed by atoms with Crippen molar-refractivity contribution in [3.63, 3.8) is 0 Å². The second-order valence-electron chi connectivity index (χ2n) is 4.93. The summed E-state index contributed by atoms with van der Waals surface area (Å²) in [5.41, 5.74) is 2.37. The summed E-state index contributed by atoms with van der Waals surface area (Å²) in [6, 6.07) is 8.31. The van der Waals surface area contributed by atoms with Gasteiger partial charge in [-0.25, -0.2) is 0 Å². The van der Waals surface area contributed by atoms with E-state index in [-0.39, 0.29) is 5.41 Å². The molecular weight excluding hydrogens is 222 g/mol. The molecule has 2 rings (SSSR count). The number of para-hydroxylation sites is 1. The van der Waals surface area contributed by atoms with Gasteiger partial charge in [0.1, 0.15) is 6.29 Å². The van der Waals surface area contributed by atoms with Gasteiger partial charge in [-0.05, 0) is 17.0 Å². The zero-order chi connectivity index (χ0) is 13.8. The molecule has 0 saturated carbocycles. The summed E-state index contributed by atoms with van der Waals surface area (Å²) in [6.45, 7) is 8.23. The first kappa shape index (κ1) is 14.5. The minimum absolute atomic E-state index is 0.0946. The van der Waals surface area contributed by atoms with Gasteiger partial charge in [-0.2, -0.15) is 0 Å². The molecule has 0 atom stereocenters. The number of benzene rings is 1. The zero-order valence-electron chi connectivity index (χ0n) is 12.0. The Labute approximate surface area is 110 Å². The van der Waals surface area contributed by atoms with Crippen LogP contribution in [0, 0.1) is 0 Å². The zero-order valence-corrected chi connectivity index (χ0v) is 12.0. The van der Waals surface area contributed by atoms with E-state index in [1.54, 1.807) is 0 Å². The lowest BCUT2D eigenvalue weighted by molar-refractivity contribution is -0.108. The molecule has 0 spiro atoms. The van der Waals surface area contributed by atoms with E-state index in [1.807, 2.05) is 33.0 Å². The van der Waals surface area contributed by atoms with Crippen LogP contribution < -0.4 is 0 Å². The first-order valence-corrected chi connectivity index (χ1v) is 6.54. The van der Waals surface area contributed by atoms with E-state index in [0.717, 1.165) is 6.29 Å². The van der Waals surface area contributed by atoms with Crippen molar-refractivity contribution in [2.45, 2.75) is 39.5 Å². The van der Waals surface area contributed by atoms with Gasteiger partial charge in [-0.1, -0.05) is 45.9 Å². The van der Waals surface area contributed by atoms with E-state index in [9.17, 15) is 4.79 Å². The predicted molar refractivity (Wildman–Crippen MR) is 78.0 cm³/mol. The fourth-order valence-corrected chi connectivity index (χ4v) is 2.20. The van der Waals surface area contributed by atoms with E-state index in [2.05, 4.69) is 36.7 Å². The Balaban J connectivity index is 0.000000771. The third-order valence-corrected chi connectivity index (χ3v) is 3.22. The van der Waals surface area contributed by atoms with E-state index in [1.165, 1.54) is 16.5 Å². The van der Waals surface area contributed by atoms with Gasteiger partial charge in [0.15, 0.2) is 0 Å². The van der Waals surface area contributed by atoms with Crippen molar-refractivity contribution in [2.75, 3.05) is 0 Å². The summed E-state index contributed by atoms with van der Waals surface area (Å²) in [7, 11) is 2.04. The van der Waals surface area contributed by atoms with E-state index in [0.29, 0.717) is 6.42 Å². The maximum atomic E-state index is 10.7. The van der Waals surface area contributed by atoms with Crippen LogP contribution in [0.2, 0.25) is 0 Å². The minimum Gasteiger partial charge on any atom is -0.350 e. The highest BCUT2D eigenvalue weighted by Gasteiger charge is 2.24. The highest BCUT2D eigenvalue weighted by Crippen LogP contribution is 2.33. The smallest absolute Gasteiger partial charge is 0.120 e. The van der Waals surface area contributed by atoms with Gasteiger partial charge in [0.05, 0.1) is 0 Å². The summed E-state index contributed by atoms with van der Waals surface area (Å²) in [4.78, 5) is 10.7. The molecule has 18 heavy (non-hydrogen) atoms. The van der Waals surface area contributed by atoms with Crippen LogP contribution in [-0.2, 0) is 17.3 Å². The molecule has 2 heteroatoms. The topological polar surface area (TPSA) is 22.0 Å². The van der Waals surface area contributed by atoms with Crippen LogP contribution in [-0.4, -0.2) is 10.9 Å². The number of aldehydes is 1. The normalized spacial score (nSPS) is 10.9. The SMILES string of the molecule is CC.Cn1cc(C(C)(C)CC=O)c2ccccc21. The Morgan fingerprint density at radius 1 is 1.22 bits per heavy atom. The summed E-state index contributed by atoms with van der Waals surface area (Å²) in [5.74, 6) is 0. The number of carbonyl (C=O) groups excluding carboxylic acids is 1. The van der Waals surface area contributed by atoms with Gasteiger partial charge in [0.25, 0.3) is 0 Å². The van der Waals surface area contributed by atoms with E-state index in [4.69, 9.17) is 0 Å². The Hall–Kier alpha value is -1.57. The number of carbonyl (C=O) groups is 1. The maximum absolute atomic E-state index is 10.7. The molecule has 2 nitrogen and oxygen atoms in total. The van der Waals surface area contributed by atoms with Gasteiger partial charge < -0.3 is 9.36 Å². The molecule has 0 fully saturated rings. The molecule has 0 N–H and O–H groups in total. The lowest BCUT2D eigenvalue weighted by Gasteiger charge is -2.21. The van der Waals surface area contributed by atoms with Crippen molar-refractivity contribution in [3.05, 3.63) is 36.0 Å². The van der Waals surface area contributed by atoms with Crippen LogP contribution in [0.3, 0.4) is 0 Å². The molecule has 0 bridgehead atoms. The summed E-state index contributed by atoms with van der Waals surface area (Å²) < 4.78 is 2.12. The Morgan fingerprint density at radius 3 is 2.44 bits per heavy atom. The molecule has 1 aromatic heterocycles. The predicted octanol–water partition coefficient (Wildman–Crippen LogP) is 4.07. The van der Waals surface area contributed by atoms with Gasteiger partial charge in [0, 0.05) is 30.6 Å². The number of hydrogen-bond donors (Lipinski definition) is 0. The highest BCUT2D eigenvalue weighted by molar-refractivity contribution is 5.85. The van der Waals surface area contributed by atoms with E-state index < -0.39 is 0 Å². The molecule has 0 amide bonds. The molecule has 0 radical (unpaired) electrons. The van der Waals surface area contributed by atoms with E-state index >= 15 is 0 Å². The molecule has 0 aliphatic carbocycles. The van der Waals surface area contributed by atoms with Crippen molar-refractivity contribution in [1.29, 1.82) is 0 Å². The van der Waals surface area contributed by atoms with Crippen LogP contribution in [0.4, 0.5) is 0 Å². The molecule has 1 heterocycles. The Bertz CT molecular complexity index is 523. The number of nitrogens with zero attached hydrogens (tertiary/aromatic N) is 1. The second kappa shape index (κ2) is 5.85. The minimum atomic E-state index is -0.0946. The van der Waals surface area contributed by atoms with Crippen LogP contribution in [0.25, 0.3) is 10.9 Å². The fourth-order valence-electron chi connectivity index (χ4n) is 2.20. The first-order valence-electron chi connectivity index (χ1n) is 6.54. The second-order valence-corrected chi connectivity index (χ2v) is 4.93. The molecule has 0 saturated heterocycles. The van der Waals surface area contributed by atoms with Crippen molar-refractivity contribution in [1.82, 2.24) is 4.57 Å². The standard InChI is InChI=1S/C14H17NO.C2H6/c1-14(2,8-9-16)12-10-15(3)13-7-5-4-6-11(12)13;1-2/h4-7,9-10H,8H2,1-3H3;1-2H3. The van der Waals surface area contributed by atoms with Gasteiger partial charge in [-0.3, -0.25) is 0 Å². The van der Waals surface area contributed by atoms with Crippen molar-refractivity contribution < 1.29 is 4.79 Å². The molecule has 1 aromatic carbocycles. The van der Waals surface area contributed by atoms with Crippen LogP contribution in [0.15, 0.2) is 30.5 Å². The lowest BCUT2D eigenvalue weighted by Crippen LogP contribution is -2.17. The number of rotatable bonds is 3. The summed E-state index contributed by atoms with van der Waals surface area (Å²) >= 11 is 0. The Morgan fingerprint density at radius 2 is 1.83 bits per heavy atom. The van der Waals surface area contributed by atoms with Crippen molar-refractivity contribution >= 4 is 17.2 Å². The largest absolute Gasteiger partial charge is 0.350 e. The molecule has 0 aliphatic rings.